The van der Waals surface area contributed by atoms with Gasteiger partial charge in [-0.1, -0.05) is 30.3 Å². The molecule has 1 unspecified atom stereocenters. The summed E-state index contributed by atoms with van der Waals surface area (Å²) in [4.78, 5) is 0. The number of nitrogens with one attached hydrogen (secondary N) is 1. The van der Waals surface area contributed by atoms with Gasteiger partial charge in [0, 0.05) is 5.56 Å². The fourth-order valence-electron chi connectivity index (χ4n) is 2.87. The number of methoxy groups -OCH3 is 1. The van der Waals surface area contributed by atoms with E-state index in [0.29, 0.717) is 0 Å². The molecule has 3 heteroatoms. The molecule has 21 heavy (non-hydrogen) atoms. The molecule has 0 radical (unpaired) electrons. The highest BCUT2D eigenvalue weighted by Gasteiger charge is 2.21. The summed E-state index contributed by atoms with van der Waals surface area (Å²) in [6, 6.07) is 14.6. The summed E-state index contributed by atoms with van der Waals surface area (Å²) in [7, 11) is 1.70. The molecule has 1 N–H and O–H groups in total. The van der Waals surface area contributed by atoms with Gasteiger partial charge in [0.1, 0.15) is 11.5 Å². The molecule has 2 aromatic rings. The van der Waals surface area contributed by atoms with E-state index < -0.39 is 0 Å². The van der Waals surface area contributed by atoms with Crippen LogP contribution in [0.15, 0.2) is 42.5 Å². The monoisotopic (exact) mass is 283 g/mol. The first-order valence-electron chi connectivity index (χ1n) is 7.41. The van der Waals surface area contributed by atoms with Gasteiger partial charge in [-0.3, -0.25) is 0 Å². The van der Waals surface area contributed by atoms with E-state index in [1.54, 1.807) is 7.11 Å². The van der Waals surface area contributed by atoms with E-state index in [4.69, 9.17) is 9.47 Å². The minimum atomic E-state index is 0.249. The third-order valence-corrected chi connectivity index (χ3v) is 3.94. The van der Waals surface area contributed by atoms with E-state index in [0.717, 1.165) is 36.6 Å². The maximum absolute atomic E-state index is 5.93. The number of rotatable bonds is 3. The second-order valence-electron chi connectivity index (χ2n) is 5.38. The van der Waals surface area contributed by atoms with Crippen LogP contribution < -0.4 is 14.8 Å². The van der Waals surface area contributed by atoms with Gasteiger partial charge in [0.2, 0.25) is 0 Å². The zero-order valence-electron chi connectivity index (χ0n) is 12.6. The van der Waals surface area contributed by atoms with Gasteiger partial charge >= 0.3 is 0 Å². The second kappa shape index (κ2) is 6.08. The fraction of sp³-hybridized carbons (Fsp3) is 0.333. The number of aryl methyl sites for hydroxylation is 1. The number of hydrogen-bond donors (Lipinski definition) is 1. The molecule has 0 fully saturated rings. The Labute approximate surface area is 125 Å². The SMILES string of the molecule is COc1ccccc1NC1CCCOc2c(C)cccc21. The molecule has 0 amide bonds. The zero-order chi connectivity index (χ0) is 14.7. The lowest BCUT2D eigenvalue weighted by Crippen LogP contribution is -2.11. The molecular formula is C18H21NO2. The van der Waals surface area contributed by atoms with Crippen LogP contribution in [0.25, 0.3) is 0 Å². The zero-order valence-corrected chi connectivity index (χ0v) is 12.6. The Morgan fingerprint density at radius 2 is 2.00 bits per heavy atom. The number of ether oxygens (including phenoxy) is 2. The van der Waals surface area contributed by atoms with Gasteiger partial charge in [-0.05, 0) is 37.5 Å². The van der Waals surface area contributed by atoms with Gasteiger partial charge in [-0.15, -0.1) is 0 Å². The molecule has 0 saturated heterocycles. The van der Waals surface area contributed by atoms with E-state index in [2.05, 4.69) is 36.5 Å². The fourth-order valence-corrected chi connectivity index (χ4v) is 2.87. The Kier molecular flexibility index (Phi) is 4.00. The van der Waals surface area contributed by atoms with Crippen molar-refractivity contribution in [3.8, 4) is 11.5 Å². The molecule has 1 heterocycles. The molecule has 0 saturated carbocycles. The van der Waals surface area contributed by atoms with Crippen molar-refractivity contribution >= 4 is 5.69 Å². The summed E-state index contributed by atoms with van der Waals surface area (Å²) in [5.74, 6) is 1.90. The maximum atomic E-state index is 5.93. The molecule has 0 aromatic heterocycles. The predicted octanol–water partition coefficient (Wildman–Crippen LogP) is 4.33. The van der Waals surface area contributed by atoms with Crippen LogP contribution in [0.1, 0.15) is 30.0 Å². The minimum Gasteiger partial charge on any atom is -0.495 e. The van der Waals surface area contributed by atoms with Crippen molar-refractivity contribution in [1.29, 1.82) is 0 Å². The largest absolute Gasteiger partial charge is 0.495 e. The van der Waals surface area contributed by atoms with Gasteiger partial charge in [-0.25, -0.2) is 0 Å². The number of anilines is 1. The van der Waals surface area contributed by atoms with Gasteiger partial charge in [0.25, 0.3) is 0 Å². The molecule has 0 aliphatic carbocycles. The maximum Gasteiger partial charge on any atom is 0.141 e. The van der Waals surface area contributed by atoms with E-state index >= 15 is 0 Å². The lowest BCUT2D eigenvalue weighted by Gasteiger charge is -2.21. The third kappa shape index (κ3) is 2.82. The quantitative estimate of drug-likeness (QED) is 0.909. The third-order valence-electron chi connectivity index (χ3n) is 3.94. The molecule has 1 atom stereocenters. The molecule has 1 aliphatic rings. The normalized spacial score (nSPS) is 17.3. The van der Waals surface area contributed by atoms with Crippen molar-refractivity contribution in [3.05, 3.63) is 53.6 Å². The molecule has 0 bridgehead atoms. The van der Waals surface area contributed by atoms with Crippen LogP contribution in [0.5, 0.6) is 11.5 Å². The average molecular weight is 283 g/mol. The van der Waals surface area contributed by atoms with Crippen LogP contribution in [-0.4, -0.2) is 13.7 Å². The second-order valence-corrected chi connectivity index (χ2v) is 5.38. The summed E-state index contributed by atoms with van der Waals surface area (Å²) in [5, 5.41) is 3.62. The van der Waals surface area contributed by atoms with Crippen molar-refractivity contribution in [2.75, 3.05) is 19.0 Å². The number of hydrogen-bond acceptors (Lipinski definition) is 3. The Morgan fingerprint density at radius 1 is 1.14 bits per heavy atom. The van der Waals surface area contributed by atoms with Crippen molar-refractivity contribution in [2.24, 2.45) is 0 Å². The van der Waals surface area contributed by atoms with Crippen LogP contribution >= 0.6 is 0 Å². The number of benzene rings is 2. The summed E-state index contributed by atoms with van der Waals surface area (Å²) >= 11 is 0. The first-order valence-corrected chi connectivity index (χ1v) is 7.41. The minimum absolute atomic E-state index is 0.249. The van der Waals surface area contributed by atoms with E-state index in [1.807, 2.05) is 18.2 Å². The topological polar surface area (TPSA) is 30.5 Å². The predicted molar refractivity (Wildman–Crippen MR) is 85.3 cm³/mol. The van der Waals surface area contributed by atoms with Crippen LogP contribution in [0.4, 0.5) is 5.69 Å². The van der Waals surface area contributed by atoms with Crippen LogP contribution in [-0.2, 0) is 0 Å². The Balaban J connectivity index is 1.94. The lowest BCUT2D eigenvalue weighted by atomic mass is 9.99. The standard InChI is InChI=1S/C18H21NO2/c1-13-7-5-8-14-15(10-6-12-21-18(13)14)19-16-9-3-4-11-17(16)20-2/h3-5,7-9,11,15,19H,6,10,12H2,1-2H3. The van der Waals surface area contributed by atoms with Gasteiger partial charge < -0.3 is 14.8 Å². The van der Waals surface area contributed by atoms with Gasteiger partial charge in [-0.2, -0.15) is 0 Å². The van der Waals surface area contributed by atoms with Gasteiger partial charge in [0.05, 0.1) is 25.4 Å². The highest BCUT2D eigenvalue weighted by atomic mass is 16.5. The van der Waals surface area contributed by atoms with Crippen molar-refractivity contribution < 1.29 is 9.47 Å². The summed E-state index contributed by atoms with van der Waals surface area (Å²) in [6.07, 6.45) is 2.09. The molecule has 110 valence electrons. The number of para-hydroxylation sites is 3. The molecule has 1 aliphatic heterocycles. The smallest absolute Gasteiger partial charge is 0.141 e. The van der Waals surface area contributed by atoms with E-state index in [-0.39, 0.29) is 6.04 Å². The van der Waals surface area contributed by atoms with E-state index in [9.17, 15) is 0 Å². The van der Waals surface area contributed by atoms with Crippen molar-refractivity contribution in [3.63, 3.8) is 0 Å². The molecular weight excluding hydrogens is 262 g/mol. The first-order chi connectivity index (χ1) is 10.3. The number of fused-ring (bicyclic) bond motifs is 1. The van der Waals surface area contributed by atoms with Crippen LogP contribution in [0.3, 0.4) is 0 Å². The highest BCUT2D eigenvalue weighted by molar-refractivity contribution is 5.58. The molecule has 0 spiro atoms. The van der Waals surface area contributed by atoms with Gasteiger partial charge in [0.15, 0.2) is 0 Å². The highest BCUT2D eigenvalue weighted by Crippen LogP contribution is 2.37. The molecule has 3 nitrogen and oxygen atoms in total. The van der Waals surface area contributed by atoms with Crippen molar-refractivity contribution in [2.45, 2.75) is 25.8 Å². The van der Waals surface area contributed by atoms with E-state index in [1.165, 1.54) is 11.1 Å². The Morgan fingerprint density at radius 3 is 2.86 bits per heavy atom. The molecule has 3 rings (SSSR count). The first kappa shape index (κ1) is 13.8. The average Bonchev–Trinajstić information content (AvgIpc) is 2.72. The summed E-state index contributed by atoms with van der Waals surface area (Å²) in [6.45, 7) is 2.88. The van der Waals surface area contributed by atoms with Crippen LogP contribution in [0.2, 0.25) is 0 Å². The lowest BCUT2D eigenvalue weighted by molar-refractivity contribution is 0.314. The Hall–Kier alpha value is -2.16. The van der Waals surface area contributed by atoms with Crippen molar-refractivity contribution in [1.82, 2.24) is 0 Å². The summed E-state index contributed by atoms with van der Waals surface area (Å²) < 4.78 is 11.4. The molecule has 2 aromatic carbocycles. The summed E-state index contributed by atoms with van der Waals surface area (Å²) in [5.41, 5.74) is 3.46. The van der Waals surface area contributed by atoms with Crippen LogP contribution in [0, 0.1) is 6.92 Å². The Bertz CT molecular complexity index is 624.